The van der Waals surface area contributed by atoms with Gasteiger partial charge >= 0.3 is 22.4 Å². The first kappa shape index (κ1) is 22.8. The van der Waals surface area contributed by atoms with Crippen molar-refractivity contribution in [1.29, 1.82) is 0 Å². The van der Waals surface area contributed by atoms with E-state index >= 15 is 0 Å². The third kappa shape index (κ3) is 6.82. The summed E-state index contributed by atoms with van der Waals surface area (Å²) in [5, 5.41) is 4.19. The molecule has 29 heavy (non-hydrogen) atoms. The second-order valence-corrected chi connectivity index (χ2v) is 8.19. The summed E-state index contributed by atoms with van der Waals surface area (Å²) in [5.41, 5.74) is 0.594. The fourth-order valence-electron chi connectivity index (χ4n) is 2.71. The molecule has 4 aromatic rings. The molecule has 0 aliphatic heterocycles. The molecule has 0 unspecified atom stereocenters. The van der Waals surface area contributed by atoms with E-state index in [0.29, 0.717) is 5.56 Å². The molecule has 4 aromatic carbocycles. The second kappa shape index (κ2) is 12.2. The van der Waals surface area contributed by atoms with Gasteiger partial charge in [-0.15, -0.1) is 17.7 Å². The second-order valence-electron chi connectivity index (χ2n) is 5.97. The number of hydrogen-bond donors (Lipinski definition) is 0. The van der Waals surface area contributed by atoms with Crippen LogP contribution in [-0.2, 0) is 22.4 Å². The summed E-state index contributed by atoms with van der Waals surface area (Å²) < 4.78 is 12.1. The molecule has 0 radical (unpaired) electrons. The number of hydrogen-bond acceptors (Lipinski definition) is 0. The smallest absolute Gasteiger partial charge is 0.366 e. The Kier molecular flexibility index (Phi) is 9.58. The molecule has 0 spiro atoms. The zero-order valence-electron chi connectivity index (χ0n) is 15.6. The zero-order valence-corrected chi connectivity index (χ0v) is 18.7. The Morgan fingerprint density at radius 1 is 0.552 bits per heavy atom. The van der Waals surface area contributed by atoms with Crippen LogP contribution < -0.4 is 15.9 Å². The summed E-state index contributed by atoms with van der Waals surface area (Å²) in [6, 6.07) is 37.9. The van der Waals surface area contributed by atoms with Crippen LogP contribution in [-0.4, -0.2) is 0 Å². The minimum atomic E-state index is -0.446. The van der Waals surface area contributed by atoms with Crippen LogP contribution in [0.3, 0.4) is 0 Å². The van der Waals surface area contributed by atoms with E-state index in [0.717, 1.165) is 0 Å². The minimum absolute atomic E-state index is 0. The van der Waals surface area contributed by atoms with Crippen molar-refractivity contribution in [2.75, 3.05) is 0 Å². The van der Waals surface area contributed by atoms with Crippen molar-refractivity contribution in [2.24, 2.45) is 0 Å². The van der Waals surface area contributed by atoms with E-state index in [2.05, 4.69) is 96.9 Å². The Balaban J connectivity index is 0.000000255. The van der Waals surface area contributed by atoms with E-state index in [1.165, 1.54) is 40.2 Å². The van der Waals surface area contributed by atoms with Gasteiger partial charge in [0.25, 0.3) is 0 Å². The van der Waals surface area contributed by atoms with Gasteiger partial charge in [0, 0.05) is 0 Å². The fourth-order valence-corrected chi connectivity index (χ4v) is 5.02. The molecule has 0 nitrogen and oxygen atoms in total. The number of benzene rings is 4. The summed E-state index contributed by atoms with van der Waals surface area (Å²) in [6.45, 7) is 0. The number of halogens is 1. The fraction of sp³-hybridized carbons (Fsp3) is 0. The van der Waals surface area contributed by atoms with Crippen LogP contribution in [0.4, 0.5) is 4.39 Å². The van der Waals surface area contributed by atoms with Crippen molar-refractivity contribution in [3.05, 3.63) is 133 Å². The van der Waals surface area contributed by atoms with Gasteiger partial charge in [0.05, 0.1) is 0 Å². The van der Waals surface area contributed by atoms with Crippen molar-refractivity contribution in [1.82, 2.24) is 0 Å². The Morgan fingerprint density at radius 2 is 0.897 bits per heavy atom. The average Bonchev–Trinajstić information content (AvgIpc) is 2.77. The third-order valence-electron chi connectivity index (χ3n) is 4.03. The topological polar surface area (TPSA) is 0 Å². The van der Waals surface area contributed by atoms with Gasteiger partial charge in [0.2, 0.25) is 0 Å². The molecule has 0 heterocycles. The van der Waals surface area contributed by atoms with Crippen LogP contribution in [0.25, 0.3) is 0 Å². The van der Waals surface area contributed by atoms with E-state index in [-0.39, 0.29) is 28.2 Å². The molecule has 0 aliphatic carbocycles. The molecule has 0 saturated heterocycles. The van der Waals surface area contributed by atoms with Crippen LogP contribution in [0.5, 0.6) is 0 Å². The molecule has 0 amide bonds. The number of rotatable bonds is 3. The first-order chi connectivity index (χ1) is 13.8. The van der Waals surface area contributed by atoms with Crippen LogP contribution in [0, 0.1) is 18.2 Å². The SMILES string of the molecule is [Au+].[C-]#Cc1ccc(F)cc1.c1ccc(P(c2ccccc2)c2ccccc2)cc1. The van der Waals surface area contributed by atoms with Gasteiger partial charge in [-0.05, 0) is 36.0 Å². The summed E-state index contributed by atoms with van der Waals surface area (Å²) in [5.74, 6) is 1.85. The minimum Gasteiger partial charge on any atom is -0.366 e. The Labute approximate surface area is 189 Å². The Hall–Kier alpha value is -2.46. The van der Waals surface area contributed by atoms with E-state index < -0.39 is 7.92 Å². The molecule has 0 saturated carbocycles. The third-order valence-corrected chi connectivity index (χ3v) is 6.48. The first-order valence-corrected chi connectivity index (χ1v) is 10.3. The molecule has 0 fully saturated rings. The van der Waals surface area contributed by atoms with Gasteiger partial charge in [-0.2, -0.15) is 0 Å². The van der Waals surface area contributed by atoms with Crippen molar-refractivity contribution in [3.63, 3.8) is 0 Å². The summed E-state index contributed by atoms with van der Waals surface area (Å²) >= 11 is 0. The van der Waals surface area contributed by atoms with Crippen LogP contribution >= 0.6 is 7.92 Å². The predicted molar refractivity (Wildman–Crippen MR) is 118 cm³/mol. The van der Waals surface area contributed by atoms with Crippen LogP contribution in [0.1, 0.15) is 5.56 Å². The summed E-state index contributed by atoms with van der Waals surface area (Å²) in [7, 11) is -0.446. The van der Waals surface area contributed by atoms with Gasteiger partial charge in [0.1, 0.15) is 5.82 Å². The maximum atomic E-state index is 12.1. The monoisotopic (exact) mass is 578 g/mol. The molecule has 0 aliphatic rings. The van der Waals surface area contributed by atoms with Gasteiger partial charge in [0.15, 0.2) is 0 Å². The molecule has 0 aromatic heterocycles. The van der Waals surface area contributed by atoms with Crippen molar-refractivity contribution in [3.8, 4) is 5.92 Å². The van der Waals surface area contributed by atoms with Gasteiger partial charge in [-0.3, -0.25) is 5.92 Å². The van der Waals surface area contributed by atoms with Crippen molar-refractivity contribution in [2.45, 2.75) is 0 Å². The molecular formula is C26H19AuFP. The summed E-state index contributed by atoms with van der Waals surface area (Å²) in [4.78, 5) is 0. The van der Waals surface area contributed by atoms with Crippen molar-refractivity contribution < 1.29 is 26.8 Å². The van der Waals surface area contributed by atoms with E-state index in [1.807, 2.05) is 0 Å². The molecule has 0 N–H and O–H groups in total. The van der Waals surface area contributed by atoms with Crippen molar-refractivity contribution >= 4 is 23.8 Å². The standard InChI is InChI=1S/C18H15P.C8H4F.Au/c1-4-10-16(11-5-1)19(17-12-6-2-7-13-17)18-14-8-3-9-15-18;1-2-7-3-5-8(9)6-4-7;/h1-15H;3-6H;/q;-1;+1. The van der Waals surface area contributed by atoms with Crippen LogP contribution in [0.2, 0.25) is 0 Å². The van der Waals surface area contributed by atoms with Crippen LogP contribution in [0.15, 0.2) is 115 Å². The first-order valence-electron chi connectivity index (χ1n) is 8.91. The average molecular weight is 578 g/mol. The predicted octanol–water partition coefficient (Wildman–Crippen LogP) is 5.21. The molecule has 146 valence electrons. The Morgan fingerprint density at radius 3 is 1.21 bits per heavy atom. The van der Waals surface area contributed by atoms with Gasteiger partial charge in [-0.25, -0.2) is 4.39 Å². The maximum Gasteiger partial charge on any atom is 1.00 e. The molecule has 0 atom stereocenters. The quantitative estimate of drug-likeness (QED) is 0.136. The molecule has 4 rings (SSSR count). The largest absolute Gasteiger partial charge is 1.00 e. The normalized spacial score (nSPS) is 9.55. The molecule has 0 bridgehead atoms. The molecular weight excluding hydrogens is 559 g/mol. The van der Waals surface area contributed by atoms with E-state index in [1.54, 1.807) is 0 Å². The molecule has 3 heteroatoms. The zero-order chi connectivity index (χ0) is 19.6. The van der Waals surface area contributed by atoms with Gasteiger partial charge < -0.3 is 6.42 Å². The van der Waals surface area contributed by atoms with Gasteiger partial charge in [-0.1, -0.05) is 91.0 Å². The maximum absolute atomic E-state index is 12.1. The summed E-state index contributed by atoms with van der Waals surface area (Å²) in [6.07, 6.45) is 6.64. The Bertz CT molecular complexity index is 917. The van der Waals surface area contributed by atoms with E-state index in [9.17, 15) is 4.39 Å². The van der Waals surface area contributed by atoms with E-state index in [4.69, 9.17) is 6.42 Å².